The standard InChI is InChI=1S/C19H13F3NO5PS/c20-19(21,22)15-11-12-16(30(25,26)29(23)24)18(28-14-9-5-2-6-10-14)17(15)27-13-7-3-1-4-8-13/h1-12,23H. The summed E-state index contributed by atoms with van der Waals surface area (Å²) in [6.07, 6.45) is -4.91. The lowest BCUT2D eigenvalue weighted by Gasteiger charge is -2.19. The summed E-state index contributed by atoms with van der Waals surface area (Å²) in [6, 6.07) is 16.0. The van der Waals surface area contributed by atoms with Crippen LogP contribution in [0.4, 0.5) is 13.2 Å². The molecule has 1 atom stereocenters. The van der Waals surface area contributed by atoms with Gasteiger partial charge in [-0.1, -0.05) is 36.4 Å². The van der Waals surface area contributed by atoms with Crippen molar-refractivity contribution in [3.05, 3.63) is 78.4 Å². The molecule has 0 amide bonds. The Bertz CT molecular complexity index is 1170. The van der Waals surface area contributed by atoms with Crippen LogP contribution in [0, 0.1) is 5.16 Å². The van der Waals surface area contributed by atoms with E-state index < -0.39 is 44.7 Å². The molecule has 0 heterocycles. The molecule has 1 unspecified atom stereocenters. The van der Waals surface area contributed by atoms with Crippen LogP contribution in [-0.2, 0) is 15.6 Å². The Morgan fingerprint density at radius 1 is 0.800 bits per heavy atom. The minimum absolute atomic E-state index is 0.00859. The molecule has 3 aromatic carbocycles. The van der Waals surface area contributed by atoms with E-state index in [1.165, 1.54) is 48.5 Å². The molecule has 0 aliphatic carbocycles. The number of nitrogens with one attached hydrogen (secondary N) is 1. The van der Waals surface area contributed by atoms with E-state index in [0.29, 0.717) is 12.1 Å². The van der Waals surface area contributed by atoms with Crippen LogP contribution in [0.5, 0.6) is 23.0 Å². The van der Waals surface area contributed by atoms with Crippen LogP contribution in [0.2, 0.25) is 0 Å². The van der Waals surface area contributed by atoms with Crippen molar-refractivity contribution >= 4 is 16.6 Å². The summed E-state index contributed by atoms with van der Waals surface area (Å²) < 4.78 is 76.7. The molecule has 1 N–H and O–H groups in total. The summed E-state index contributed by atoms with van der Waals surface area (Å²) in [5.74, 6) is -1.72. The second-order valence-electron chi connectivity index (χ2n) is 5.83. The highest BCUT2D eigenvalue weighted by Crippen LogP contribution is 2.50. The van der Waals surface area contributed by atoms with Gasteiger partial charge >= 0.3 is 15.6 Å². The van der Waals surface area contributed by atoms with Gasteiger partial charge in [0.05, 0.1) is 0 Å². The first-order valence-electron chi connectivity index (χ1n) is 8.24. The zero-order valence-electron chi connectivity index (χ0n) is 15.0. The van der Waals surface area contributed by atoms with Gasteiger partial charge in [0.1, 0.15) is 17.1 Å². The van der Waals surface area contributed by atoms with Gasteiger partial charge in [-0.15, -0.1) is 5.16 Å². The number of benzene rings is 3. The fraction of sp³-hybridized carbons (Fsp3) is 0.0526. The summed E-state index contributed by atoms with van der Waals surface area (Å²) in [7, 11) is -8.37. The van der Waals surface area contributed by atoms with Crippen molar-refractivity contribution in [3.63, 3.8) is 0 Å². The summed E-state index contributed by atoms with van der Waals surface area (Å²) in [6.45, 7) is 0. The van der Waals surface area contributed by atoms with Crippen molar-refractivity contribution in [2.24, 2.45) is 0 Å². The van der Waals surface area contributed by atoms with Crippen molar-refractivity contribution in [2.45, 2.75) is 11.1 Å². The van der Waals surface area contributed by atoms with E-state index in [2.05, 4.69) is 0 Å². The van der Waals surface area contributed by atoms with Crippen LogP contribution in [0.25, 0.3) is 0 Å². The van der Waals surface area contributed by atoms with Crippen molar-refractivity contribution < 1.29 is 36.0 Å². The molecule has 0 saturated carbocycles. The molecule has 156 valence electrons. The van der Waals surface area contributed by atoms with Crippen molar-refractivity contribution in [1.82, 2.24) is 0 Å². The van der Waals surface area contributed by atoms with Crippen LogP contribution >= 0.6 is 7.14 Å². The number of rotatable bonds is 6. The smallest absolute Gasteiger partial charge is 0.420 e. The molecule has 0 bridgehead atoms. The average Bonchev–Trinajstić information content (AvgIpc) is 2.69. The Labute approximate surface area is 170 Å². The third-order valence-electron chi connectivity index (χ3n) is 3.80. The number of ether oxygens (including phenoxy) is 2. The number of para-hydroxylation sites is 2. The summed E-state index contributed by atoms with van der Waals surface area (Å²) in [5, 5.41) is 7.17. The van der Waals surface area contributed by atoms with Gasteiger partial charge in [-0.25, -0.2) is 0 Å². The largest absolute Gasteiger partial charge is 0.598 e. The third-order valence-corrected chi connectivity index (χ3v) is 7.02. The second-order valence-corrected chi connectivity index (χ2v) is 10.2. The highest BCUT2D eigenvalue weighted by molar-refractivity contribution is 8.44. The molecule has 0 spiro atoms. The van der Waals surface area contributed by atoms with Gasteiger partial charge in [0, 0.05) is 0 Å². The Morgan fingerprint density at radius 3 is 1.70 bits per heavy atom. The Hall–Kier alpha value is -2.94. The molecule has 0 saturated heterocycles. The number of hydrogen-bond acceptors (Lipinski definition) is 6. The monoisotopic (exact) mass is 455 g/mol. The second kappa shape index (κ2) is 8.43. The highest BCUT2D eigenvalue weighted by atomic mass is 32.8. The van der Waals surface area contributed by atoms with E-state index in [1.54, 1.807) is 12.1 Å². The molecule has 0 aliphatic heterocycles. The predicted octanol–water partition coefficient (Wildman–Crippen LogP) is 5.50. The SMILES string of the molecule is N=[P+]([O-])S(=O)(=O)c1ccc(C(F)(F)F)c(Oc2ccccc2)c1Oc1ccccc1. The fourth-order valence-corrected chi connectivity index (χ4v) is 4.23. The first kappa shape index (κ1) is 21.8. The third kappa shape index (κ3) is 4.62. The lowest BCUT2D eigenvalue weighted by Crippen LogP contribution is -2.11. The topological polar surface area (TPSA) is 99.5 Å². The minimum Gasteiger partial charge on any atom is -0.598 e. The molecular weight excluding hydrogens is 442 g/mol. The molecule has 30 heavy (non-hydrogen) atoms. The maximum atomic E-state index is 13.7. The van der Waals surface area contributed by atoms with E-state index in [9.17, 15) is 26.5 Å². The van der Waals surface area contributed by atoms with Crippen LogP contribution in [-0.4, -0.2) is 8.42 Å². The van der Waals surface area contributed by atoms with Gasteiger partial charge in [0.2, 0.25) is 0 Å². The van der Waals surface area contributed by atoms with Gasteiger partial charge < -0.3 is 14.4 Å². The van der Waals surface area contributed by atoms with Gasteiger partial charge in [-0.2, -0.15) is 21.6 Å². The van der Waals surface area contributed by atoms with Crippen LogP contribution < -0.4 is 14.4 Å². The van der Waals surface area contributed by atoms with E-state index in [-0.39, 0.29) is 11.5 Å². The summed E-state index contributed by atoms with van der Waals surface area (Å²) >= 11 is 0. The van der Waals surface area contributed by atoms with E-state index in [0.717, 1.165) is 0 Å². The van der Waals surface area contributed by atoms with Gasteiger partial charge in [-0.3, -0.25) is 0 Å². The van der Waals surface area contributed by atoms with Gasteiger partial charge in [0.15, 0.2) is 16.4 Å². The molecule has 0 fully saturated rings. The number of alkyl halides is 3. The zero-order valence-corrected chi connectivity index (χ0v) is 16.7. The van der Waals surface area contributed by atoms with Gasteiger partial charge in [0.25, 0.3) is 7.14 Å². The molecule has 11 heteroatoms. The maximum Gasteiger partial charge on any atom is 0.420 e. The van der Waals surface area contributed by atoms with Crippen molar-refractivity contribution in [2.75, 3.05) is 0 Å². The van der Waals surface area contributed by atoms with E-state index in [4.69, 9.17) is 14.6 Å². The van der Waals surface area contributed by atoms with E-state index >= 15 is 0 Å². The minimum atomic E-state index is -4.91. The molecule has 3 aromatic rings. The van der Waals surface area contributed by atoms with Gasteiger partial charge in [-0.05, 0) is 36.4 Å². The predicted molar refractivity (Wildman–Crippen MR) is 101 cm³/mol. The number of hydrogen-bond donors (Lipinski definition) is 1. The van der Waals surface area contributed by atoms with Crippen molar-refractivity contribution in [1.29, 1.82) is 5.16 Å². The quantitative estimate of drug-likeness (QED) is 0.495. The van der Waals surface area contributed by atoms with Crippen LogP contribution in [0.1, 0.15) is 5.56 Å². The Kier molecular flexibility index (Phi) is 6.12. The zero-order chi connectivity index (χ0) is 21.9. The molecular formula is C19H13F3NO5PS. The van der Waals surface area contributed by atoms with Crippen LogP contribution in [0.3, 0.4) is 0 Å². The average molecular weight is 455 g/mol. The maximum absolute atomic E-state index is 13.7. The summed E-state index contributed by atoms with van der Waals surface area (Å²) in [4.78, 5) is 10.7. The number of halogens is 3. The molecule has 0 aromatic heterocycles. The fourth-order valence-electron chi connectivity index (χ4n) is 2.47. The molecule has 0 aliphatic rings. The summed E-state index contributed by atoms with van der Waals surface area (Å²) in [5.41, 5.74) is -1.29. The van der Waals surface area contributed by atoms with E-state index in [1.807, 2.05) is 0 Å². The lowest BCUT2D eigenvalue weighted by molar-refractivity contribution is -0.151. The Balaban J connectivity index is 2.32. The lowest BCUT2D eigenvalue weighted by atomic mass is 10.1. The first-order chi connectivity index (χ1) is 14.1. The molecule has 6 nitrogen and oxygen atoms in total. The van der Waals surface area contributed by atoms with Crippen molar-refractivity contribution in [3.8, 4) is 23.0 Å². The molecule has 3 rings (SSSR count). The highest BCUT2D eigenvalue weighted by Gasteiger charge is 2.41. The molecule has 0 radical (unpaired) electrons. The van der Waals surface area contributed by atoms with Crippen LogP contribution in [0.15, 0.2) is 77.7 Å². The normalized spacial score (nSPS) is 12.3. The Morgan fingerprint density at radius 2 is 1.27 bits per heavy atom. The first-order valence-corrected chi connectivity index (χ1v) is 11.6.